The maximum absolute atomic E-state index is 11.1. The maximum atomic E-state index is 11.1. The number of rotatable bonds is 7. The predicted octanol–water partition coefficient (Wildman–Crippen LogP) is 2.98. The fraction of sp³-hybridized carbons (Fsp3) is 0.167. The largest absolute Gasteiger partial charge is 0.483 e. The van der Waals surface area contributed by atoms with Crippen LogP contribution >= 0.6 is 11.8 Å². The van der Waals surface area contributed by atoms with Crippen molar-refractivity contribution in [2.75, 3.05) is 5.75 Å². The van der Waals surface area contributed by atoms with Gasteiger partial charge in [0.2, 0.25) is 5.91 Å². The molecular weight excluding hydrogens is 336 g/mol. The molecule has 0 saturated carbocycles. The summed E-state index contributed by atoms with van der Waals surface area (Å²) in [4.78, 5) is 11.1. The second-order valence-corrected chi connectivity index (χ2v) is 6.28. The molecule has 0 bridgehead atoms. The van der Waals surface area contributed by atoms with E-state index in [4.69, 9.17) is 10.5 Å². The van der Waals surface area contributed by atoms with Crippen LogP contribution in [0, 0.1) is 0 Å². The summed E-state index contributed by atoms with van der Waals surface area (Å²) in [6, 6.07) is 19.3. The standard InChI is InChI=1S/C18H18N4O2S/c1-13(24-15-10-6-3-7-11-15)17-20-21-18(25-12-16(19)23)22(17)14-8-4-2-5-9-14/h2-11,13H,12H2,1H3,(H2,19,23)/t13-/m0/s1. The molecule has 25 heavy (non-hydrogen) atoms. The minimum absolute atomic E-state index is 0.138. The van der Waals surface area contributed by atoms with Crippen molar-refractivity contribution >= 4 is 17.7 Å². The summed E-state index contributed by atoms with van der Waals surface area (Å²) in [5.74, 6) is 1.15. The molecule has 1 heterocycles. The first-order chi connectivity index (χ1) is 12.1. The van der Waals surface area contributed by atoms with E-state index in [-0.39, 0.29) is 11.9 Å². The summed E-state index contributed by atoms with van der Waals surface area (Å²) < 4.78 is 7.87. The number of thioether (sulfide) groups is 1. The Labute approximate surface area is 150 Å². The van der Waals surface area contributed by atoms with Crippen molar-refractivity contribution in [2.24, 2.45) is 5.73 Å². The van der Waals surface area contributed by atoms with Crippen molar-refractivity contribution < 1.29 is 9.53 Å². The Balaban J connectivity index is 1.94. The topological polar surface area (TPSA) is 83.0 Å². The second-order valence-electron chi connectivity index (χ2n) is 5.34. The van der Waals surface area contributed by atoms with Gasteiger partial charge >= 0.3 is 0 Å². The van der Waals surface area contributed by atoms with Crippen LogP contribution in [0.2, 0.25) is 0 Å². The molecule has 2 N–H and O–H groups in total. The molecule has 0 aliphatic rings. The SMILES string of the molecule is C[C@H](Oc1ccccc1)c1nnc(SCC(N)=O)n1-c1ccccc1. The number of benzene rings is 2. The van der Waals surface area contributed by atoms with Crippen LogP contribution in [0.1, 0.15) is 18.9 Å². The highest BCUT2D eigenvalue weighted by Gasteiger charge is 2.21. The van der Waals surface area contributed by atoms with Gasteiger partial charge < -0.3 is 10.5 Å². The molecule has 1 aromatic heterocycles. The zero-order chi connectivity index (χ0) is 17.6. The van der Waals surface area contributed by atoms with Gasteiger partial charge in [0.1, 0.15) is 5.75 Å². The molecule has 6 nitrogen and oxygen atoms in total. The van der Waals surface area contributed by atoms with E-state index in [1.807, 2.05) is 72.2 Å². The number of para-hydroxylation sites is 2. The Morgan fingerprint density at radius 2 is 1.76 bits per heavy atom. The molecular formula is C18H18N4O2S. The number of carbonyl (C=O) groups excluding carboxylic acids is 1. The zero-order valence-electron chi connectivity index (χ0n) is 13.7. The van der Waals surface area contributed by atoms with Gasteiger partial charge in [-0.1, -0.05) is 48.2 Å². The van der Waals surface area contributed by atoms with Gasteiger partial charge in [0.25, 0.3) is 0 Å². The van der Waals surface area contributed by atoms with Gasteiger partial charge in [-0.2, -0.15) is 0 Å². The van der Waals surface area contributed by atoms with E-state index in [1.165, 1.54) is 11.8 Å². The fourth-order valence-electron chi connectivity index (χ4n) is 2.35. The van der Waals surface area contributed by atoms with Gasteiger partial charge in [-0.15, -0.1) is 10.2 Å². The van der Waals surface area contributed by atoms with E-state index in [2.05, 4.69) is 10.2 Å². The van der Waals surface area contributed by atoms with Crippen LogP contribution in [0.4, 0.5) is 0 Å². The quantitative estimate of drug-likeness (QED) is 0.660. The minimum atomic E-state index is -0.400. The Bertz CT molecular complexity index is 837. The Morgan fingerprint density at radius 3 is 2.40 bits per heavy atom. The van der Waals surface area contributed by atoms with E-state index in [0.717, 1.165) is 11.4 Å². The van der Waals surface area contributed by atoms with Crippen LogP contribution in [0.3, 0.4) is 0 Å². The van der Waals surface area contributed by atoms with Crippen LogP contribution in [-0.4, -0.2) is 26.4 Å². The average molecular weight is 354 g/mol. The molecule has 0 aliphatic heterocycles. The minimum Gasteiger partial charge on any atom is -0.483 e. The first kappa shape index (κ1) is 17.0. The van der Waals surface area contributed by atoms with Crippen molar-refractivity contribution in [3.05, 3.63) is 66.5 Å². The number of amides is 1. The normalized spacial score (nSPS) is 11.9. The summed E-state index contributed by atoms with van der Waals surface area (Å²) in [5.41, 5.74) is 6.16. The smallest absolute Gasteiger partial charge is 0.227 e. The number of nitrogens with zero attached hydrogens (tertiary/aromatic N) is 3. The van der Waals surface area contributed by atoms with Crippen molar-refractivity contribution in [1.82, 2.24) is 14.8 Å². The van der Waals surface area contributed by atoms with Gasteiger partial charge in [-0.05, 0) is 31.2 Å². The number of nitrogens with two attached hydrogens (primary N) is 1. The molecule has 3 rings (SSSR count). The van der Waals surface area contributed by atoms with Gasteiger partial charge in [0, 0.05) is 5.69 Å². The van der Waals surface area contributed by atoms with E-state index in [1.54, 1.807) is 0 Å². The molecule has 3 aromatic rings. The number of ether oxygens (including phenoxy) is 1. The summed E-state index contributed by atoms with van der Waals surface area (Å²) in [5, 5.41) is 9.10. The number of carbonyl (C=O) groups is 1. The van der Waals surface area contributed by atoms with Crippen molar-refractivity contribution in [3.8, 4) is 11.4 Å². The van der Waals surface area contributed by atoms with Crippen LogP contribution in [0.5, 0.6) is 5.75 Å². The molecule has 0 spiro atoms. The fourth-order valence-corrected chi connectivity index (χ4v) is 3.05. The van der Waals surface area contributed by atoms with Gasteiger partial charge in [-0.25, -0.2) is 0 Å². The van der Waals surface area contributed by atoms with Crippen molar-refractivity contribution in [3.63, 3.8) is 0 Å². The Kier molecular flexibility index (Phi) is 5.35. The van der Waals surface area contributed by atoms with E-state index >= 15 is 0 Å². The lowest BCUT2D eigenvalue weighted by Gasteiger charge is -2.16. The lowest BCUT2D eigenvalue weighted by Crippen LogP contribution is -2.14. The third kappa shape index (κ3) is 4.19. The molecule has 0 saturated heterocycles. The Hall–Kier alpha value is -2.80. The predicted molar refractivity (Wildman–Crippen MR) is 96.8 cm³/mol. The lowest BCUT2D eigenvalue weighted by molar-refractivity contribution is -0.115. The molecule has 0 radical (unpaired) electrons. The molecule has 1 atom stereocenters. The zero-order valence-corrected chi connectivity index (χ0v) is 14.5. The van der Waals surface area contributed by atoms with Crippen LogP contribution < -0.4 is 10.5 Å². The molecule has 1 amide bonds. The third-order valence-corrected chi connectivity index (χ3v) is 4.39. The van der Waals surface area contributed by atoms with E-state index < -0.39 is 5.91 Å². The van der Waals surface area contributed by atoms with Crippen molar-refractivity contribution in [1.29, 1.82) is 0 Å². The first-order valence-corrected chi connectivity index (χ1v) is 8.77. The highest BCUT2D eigenvalue weighted by molar-refractivity contribution is 7.99. The molecule has 0 unspecified atom stereocenters. The number of primary amides is 1. The van der Waals surface area contributed by atoms with Gasteiger partial charge in [-0.3, -0.25) is 9.36 Å². The lowest BCUT2D eigenvalue weighted by atomic mass is 10.3. The van der Waals surface area contributed by atoms with Crippen LogP contribution in [-0.2, 0) is 4.79 Å². The second kappa shape index (κ2) is 7.85. The maximum Gasteiger partial charge on any atom is 0.227 e. The monoisotopic (exact) mass is 354 g/mol. The number of hydrogen-bond acceptors (Lipinski definition) is 5. The summed E-state index contributed by atoms with van der Waals surface area (Å²) in [6.07, 6.45) is -0.321. The summed E-state index contributed by atoms with van der Waals surface area (Å²) in [6.45, 7) is 1.92. The molecule has 0 fully saturated rings. The number of hydrogen-bond donors (Lipinski definition) is 1. The van der Waals surface area contributed by atoms with Gasteiger partial charge in [0.15, 0.2) is 17.1 Å². The average Bonchev–Trinajstić information content (AvgIpc) is 3.05. The van der Waals surface area contributed by atoms with E-state index in [0.29, 0.717) is 11.0 Å². The van der Waals surface area contributed by atoms with Gasteiger partial charge in [0.05, 0.1) is 5.75 Å². The summed E-state index contributed by atoms with van der Waals surface area (Å²) >= 11 is 1.25. The summed E-state index contributed by atoms with van der Waals surface area (Å²) in [7, 11) is 0. The van der Waals surface area contributed by atoms with Crippen molar-refractivity contribution in [2.45, 2.75) is 18.2 Å². The first-order valence-electron chi connectivity index (χ1n) is 7.78. The highest BCUT2D eigenvalue weighted by Crippen LogP contribution is 2.27. The van der Waals surface area contributed by atoms with E-state index in [9.17, 15) is 4.79 Å². The molecule has 2 aromatic carbocycles. The Morgan fingerprint density at radius 1 is 1.12 bits per heavy atom. The molecule has 7 heteroatoms. The van der Waals surface area contributed by atoms with Crippen LogP contribution in [0.25, 0.3) is 5.69 Å². The number of aromatic nitrogens is 3. The molecule has 128 valence electrons. The van der Waals surface area contributed by atoms with Crippen LogP contribution in [0.15, 0.2) is 65.8 Å². The molecule has 0 aliphatic carbocycles. The third-order valence-electron chi connectivity index (χ3n) is 3.44. The highest BCUT2D eigenvalue weighted by atomic mass is 32.2.